The molecule has 0 radical (unpaired) electrons. The van der Waals surface area contributed by atoms with Crippen LogP contribution in [0.4, 0.5) is 10.5 Å². The molecule has 1 N–H and O–H groups in total. The molecule has 1 atom stereocenters. The highest BCUT2D eigenvalue weighted by Crippen LogP contribution is 2.40. The monoisotopic (exact) mass is 557 g/mol. The number of non-ortho nitro benzene ring substituents is 1. The second-order valence-corrected chi connectivity index (χ2v) is 9.76. The SMILES string of the molecule is CCc1c2c(nc3ccc(OC(=O)Oc4ccc([N+](=O)[O-])cc4)cc13)-c1cc3c(c(=O)n1C2)COC(=O)C3(O)CC. The largest absolute Gasteiger partial charge is 0.519 e. The van der Waals surface area contributed by atoms with Gasteiger partial charge in [0.2, 0.25) is 0 Å². The Bertz CT molecular complexity index is 1850. The fourth-order valence-electron chi connectivity index (χ4n) is 5.46. The molecule has 12 nitrogen and oxygen atoms in total. The van der Waals surface area contributed by atoms with Gasteiger partial charge in [-0.05, 0) is 54.8 Å². The van der Waals surface area contributed by atoms with E-state index in [1.54, 1.807) is 35.8 Å². The lowest BCUT2D eigenvalue weighted by Gasteiger charge is -2.31. The predicted molar refractivity (Wildman–Crippen MR) is 144 cm³/mol. The second-order valence-electron chi connectivity index (χ2n) is 9.76. The molecule has 4 heterocycles. The fraction of sp³-hybridized carbons (Fsp3) is 0.241. The number of nitrogens with zero attached hydrogens (tertiary/aromatic N) is 3. The number of rotatable bonds is 5. The molecule has 0 spiro atoms. The van der Waals surface area contributed by atoms with E-state index in [1.807, 2.05) is 6.92 Å². The quantitative estimate of drug-likeness (QED) is 0.144. The summed E-state index contributed by atoms with van der Waals surface area (Å²) in [7, 11) is 0. The Morgan fingerprint density at radius 2 is 1.80 bits per heavy atom. The van der Waals surface area contributed by atoms with Gasteiger partial charge >= 0.3 is 12.1 Å². The summed E-state index contributed by atoms with van der Waals surface area (Å²) in [5, 5.41) is 22.6. The Kier molecular flexibility index (Phi) is 6.07. The van der Waals surface area contributed by atoms with Gasteiger partial charge in [-0.25, -0.2) is 14.6 Å². The Hall–Kier alpha value is -5.10. The number of nitro groups is 1. The van der Waals surface area contributed by atoms with Gasteiger partial charge in [0.05, 0.1) is 33.9 Å². The first-order valence-corrected chi connectivity index (χ1v) is 12.9. The summed E-state index contributed by atoms with van der Waals surface area (Å²) >= 11 is 0. The highest BCUT2D eigenvalue weighted by Gasteiger charge is 2.45. The van der Waals surface area contributed by atoms with Gasteiger partial charge in [-0.15, -0.1) is 0 Å². The van der Waals surface area contributed by atoms with Crippen molar-refractivity contribution in [2.45, 2.75) is 45.4 Å². The molecule has 4 aromatic rings. The standard InChI is InChI=1S/C29H23N3O9/c1-3-18-19-11-17(41-28(35)40-16-7-5-15(6-8-16)32(37)38)9-10-23(19)30-25-20(18)13-31-24(25)12-22-21(26(31)33)14-39-27(34)29(22,36)4-2/h5-12,36H,3-4,13-14H2,1-2H3. The van der Waals surface area contributed by atoms with E-state index < -0.39 is 22.6 Å². The fourth-order valence-corrected chi connectivity index (χ4v) is 5.46. The minimum atomic E-state index is -1.91. The van der Waals surface area contributed by atoms with Crippen LogP contribution < -0.4 is 15.0 Å². The van der Waals surface area contributed by atoms with Crippen LogP contribution >= 0.6 is 0 Å². The number of hydrogen-bond donors (Lipinski definition) is 1. The Morgan fingerprint density at radius 1 is 1.10 bits per heavy atom. The van der Waals surface area contributed by atoms with Gasteiger partial charge in [0.25, 0.3) is 11.2 Å². The molecule has 2 aromatic heterocycles. The van der Waals surface area contributed by atoms with Crippen molar-refractivity contribution < 1.29 is 33.8 Å². The number of aromatic nitrogens is 2. The van der Waals surface area contributed by atoms with E-state index in [1.165, 1.54) is 24.3 Å². The number of esters is 1. The Labute approximate surface area is 231 Å². The van der Waals surface area contributed by atoms with Crippen molar-refractivity contribution in [2.24, 2.45) is 0 Å². The Morgan fingerprint density at radius 3 is 2.49 bits per heavy atom. The molecular formula is C29H23N3O9. The maximum absolute atomic E-state index is 13.5. The smallest absolute Gasteiger partial charge is 0.458 e. The van der Waals surface area contributed by atoms with Crippen molar-refractivity contribution in [3.05, 3.63) is 91.3 Å². The zero-order valence-electron chi connectivity index (χ0n) is 22.0. The molecular weight excluding hydrogens is 534 g/mol. The van der Waals surface area contributed by atoms with Crippen LogP contribution in [0.2, 0.25) is 0 Å². The molecule has 2 aromatic carbocycles. The Balaban J connectivity index is 1.36. The predicted octanol–water partition coefficient (Wildman–Crippen LogP) is 4.13. The zero-order chi connectivity index (χ0) is 29.1. The minimum Gasteiger partial charge on any atom is -0.458 e. The lowest BCUT2D eigenvalue weighted by atomic mass is 9.86. The molecule has 208 valence electrons. The summed E-state index contributed by atoms with van der Waals surface area (Å²) in [6.45, 7) is 3.65. The average molecular weight is 558 g/mol. The van der Waals surface area contributed by atoms with E-state index in [-0.39, 0.29) is 53.4 Å². The molecule has 1 unspecified atom stereocenters. The van der Waals surface area contributed by atoms with E-state index in [0.717, 1.165) is 16.5 Å². The van der Waals surface area contributed by atoms with E-state index in [0.29, 0.717) is 23.3 Å². The van der Waals surface area contributed by atoms with Crippen LogP contribution in [0.1, 0.15) is 42.5 Å². The molecule has 0 saturated carbocycles. The van der Waals surface area contributed by atoms with E-state index in [4.69, 9.17) is 19.2 Å². The van der Waals surface area contributed by atoms with Gasteiger partial charge in [0.1, 0.15) is 18.1 Å². The summed E-state index contributed by atoms with van der Waals surface area (Å²) in [6.07, 6.45) is -0.383. The maximum atomic E-state index is 13.5. The molecule has 12 heteroatoms. The summed E-state index contributed by atoms with van der Waals surface area (Å²) in [4.78, 5) is 53.4. The van der Waals surface area contributed by atoms with Gasteiger partial charge in [-0.1, -0.05) is 13.8 Å². The van der Waals surface area contributed by atoms with Crippen molar-refractivity contribution in [3.63, 3.8) is 0 Å². The number of nitro benzene ring substituents is 1. The van der Waals surface area contributed by atoms with Crippen molar-refractivity contribution in [2.75, 3.05) is 0 Å². The van der Waals surface area contributed by atoms with Gasteiger partial charge in [0.15, 0.2) is 5.60 Å². The molecule has 2 aliphatic heterocycles. The number of pyridine rings is 2. The minimum absolute atomic E-state index is 0.0509. The number of cyclic esters (lactones) is 1. The normalized spacial score (nSPS) is 16.9. The number of carbonyl (C=O) groups is 2. The topological polar surface area (TPSA) is 160 Å². The molecule has 0 bridgehead atoms. The van der Waals surface area contributed by atoms with Crippen molar-refractivity contribution in [1.29, 1.82) is 0 Å². The molecule has 41 heavy (non-hydrogen) atoms. The van der Waals surface area contributed by atoms with Gasteiger partial charge in [-0.2, -0.15) is 0 Å². The molecule has 0 amide bonds. The molecule has 0 aliphatic carbocycles. The van der Waals surface area contributed by atoms with E-state index in [2.05, 4.69) is 0 Å². The van der Waals surface area contributed by atoms with Crippen LogP contribution in [-0.4, -0.2) is 31.7 Å². The van der Waals surface area contributed by atoms with Crippen LogP contribution in [-0.2, 0) is 34.7 Å². The third-order valence-corrected chi connectivity index (χ3v) is 7.58. The first kappa shape index (κ1) is 26.1. The number of hydrogen-bond acceptors (Lipinski definition) is 10. The van der Waals surface area contributed by atoms with Gasteiger partial charge in [-0.3, -0.25) is 14.9 Å². The third kappa shape index (κ3) is 4.11. The highest BCUT2D eigenvalue weighted by atomic mass is 16.7. The van der Waals surface area contributed by atoms with Crippen molar-refractivity contribution >= 4 is 28.7 Å². The van der Waals surface area contributed by atoms with Crippen LogP contribution in [0.5, 0.6) is 11.5 Å². The summed E-state index contributed by atoms with van der Waals surface area (Å²) in [6, 6.07) is 11.6. The zero-order valence-corrected chi connectivity index (χ0v) is 22.0. The lowest BCUT2D eigenvalue weighted by Crippen LogP contribution is -2.44. The number of aryl methyl sites for hydroxylation is 1. The molecule has 6 rings (SSSR count). The molecule has 2 aliphatic rings. The number of aliphatic hydroxyl groups is 1. The highest BCUT2D eigenvalue weighted by molar-refractivity contribution is 5.90. The summed E-state index contributed by atoms with van der Waals surface area (Å²) in [5.41, 5.74) is 1.50. The van der Waals surface area contributed by atoms with Gasteiger partial charge < -0.3 is 23.9 Å². The first-order valence-electron chi connectivity index (χ1n) is 12.9. The van der Waals surface area contributed by atoms with Crippen LogP contribution in [0, 0.1) is 10.1 Å². The van der Waals surface area contributed by atoms with Crippen LogP contribution in [0.25, 0.3) is 22.3 Å². The molecule has 0 fully saturated rings. The third-order valence-electron chi connectivity index (χ3n) is 7.58. The van der Waals surface area contributed by atoms with Crippen LogP contribution in [0.15, 0.2) is 53.3 Å². The summed E-state index contributed by atoms with van der Waals surface area (Å²) in [5.74, 6) is -0.494. The number of benzene rings is 2. The number of fused-ring (bicyclic) bond motifs is 5. The number of carbonyl (C=O) groups excluding carboxylic acids is 2. The molecule has 0 saturated heterocycles. The van der Waals surface area contributed by atoms with E-state index in [9.17, 15) is 29.6 Å². The first-order chi connectivity index (χ1) is 19.6. The average Bonchev–Trinajstić information content (AvgIpc) is 3.32. The summed E-state index contributed by atoms with van der Waals surface area (Å²) < 4.78 is 17.2. The number of ether oxygens (including phenoxy) is 3. The lowest BCUT2D eigenvalue weighted by molar-refractivity contribution is -0.384. The van der Waals surface area contributed by atoms with Gasteiger partial charge in [0, 0.05) is 28.6 Å². The maximum Gasteiger partial charge on any atom is 0.519 e. The van der Waals surface area contributed by atoms with E-state index >= 15 is 0 Å². The van der Waals surface area contributed by atoms with Crippen molar-refractivity contribution in [1.82, 2.24) is 9.55 Å². The van der Waals surface area contributed by atoms with Crippen molar-refractivity contribution in [3.8, 4) is 22.9 Å². The second kappa shape index (κ2) is 9.52. The van der Waals surface area contributed by atoms with Crippen LogP contribution in [0.3, 0.4) is 0 Å².